The third-order valence-corrected chi connectivity index (χ3v) is 3.34. The number of methoxy groups -OCH3 is 1. The zero-order chi connectivity index (χ0) is 13.5. The maximum Gasteiger partial charge on any atom is 0.221 e. The number of nitrogens with two attached hydrogens (primary N) is 1. The molecule has 0 aliphatic carbocycles. The fourth-order valence-electron chi connectivity index (χ4n) is 1.34. The van der Waals surface area contributed by atoms with Crippen molar-refractivity contribution in [3.05, 3.63) is 0 Å². The van der Waals surface area contributed by atoms with E-state index in [-0.39, 0.29) is 11.9 Å². The number of nitrogens with one attached hydrogen (secondary N) is 2. The molecule has 18 heavy (non-hydrogen) atoms. The van der Waals surface area contributed by atoms with E-state index >= 15 is 0 Å². The summed E-state index contributed by atoms with van der Waals surface area (Å²) in [6, 6.07) is 0.214. The van der Waals surface area contributed by atoms with Gasteiger partial charge in [-0.1, -0.05) is 6.92 Å². The molecule has 0 saturated carbocycles. The van der Waals surface area contributed by atoms with Crippen LogP contribution in [0.1, 0.15) is 26.7 Å². The number of nitrogens with zero attached hydrogens (tertiary/aromatic N) is 1. The first-order chi connectivity index (χ1) is 8.58. The standard InChI is InChI=1S/C11H20N4O2S/c1-4-7(2)14-8(16)5-6-13-11-9(17-3)10(12)15-18-11/h7,13H,4-6H2,1-3H3,(H2,12,15)(H,14,16). The van der Waals surface area contributed by atoms with Gasteiger partial charge in [0, 0.05) is 19.0 Å². The number of amides is 1. The van der Waals surface area contributed by atoms with Crippen LogP contribution in [0.3, 0.4) is 0 Å². The maximum atomic E-state index is 11.5. The summed E-state index contributed by atoms with van der Waals surface area (Å²) in [7, 11) is 1.54. The van der Waals surface area contributed by atoms with Gasteiger partial charge in [-0.3, -0.25) is 4.79 Å². The molecular weight excluding hydrogens is 252 g/mol. The predicted molar refractivity (Wildman–Crippen MR) is 74.1 cm³/mol. The molecule has 102 valence electrons. The lowest BCUT2D eigenvalue weighted by atomic mass is 10.2. The average molecular weight is 272 g/mol. The molecule has 0 aliphatic rings. The third-order valence-electron chi connectivity index (χ3n) is 2.54. The van der Waals surface area contributed by atoms with Gasteiger partial charge in [-0.05, 0) is 24.9 Å². The highest BCUT2D eigenvalue weighted by Gasteiger charge is 2.12. The molecular formula is C11H20N4O2S. The van der Waals surface area contributed by atoms with Crippen molar-refractivity contribution in [2.45, 2.75) is 32.7 Å². The zero-order valence-corrected chi connectivity index (χ0v) is 11.8. The van der Waals surface area contributed by atoms with Crippen LogP contribution in [0.2, 0.25) is 0 Å². The number of hydrogen-bond donors (Lipinski definition) is 3. The average Bonchev–Trinajstić information content (AvgIpc) is 2.69. The van der Waals surface area contributed by atoms with Crippen LogP contribution in [0.25, 0.3) is 0 Å². The van der Waals surface area contributed by atoms with Crippen LogP contribution >= 0.6 is 11.5 Å². The van der Waals surface area contributed by atoms with Crippen molar-refractivity contribution < 1.29 is 9.53 Å². The number of nitrogen functional groups attached to an aromatic ring is 1. The van der Waals surface area contributed by atoms with E-state index in [1.165, 1.54) is 11.5 Å². The molecule has 1 rings (SSSR count). The Balaban J connectivity index is 2.35. The van der Waals surface area contributed by atoms with Crippen molar-refractivity contribution in [2.75, 3.05) is 24.7 Å². The topological polar surface area (TPSA) is 89.3 Å². The molecule has 4 N–H and O–H groups in total. The normalized spacial score (nSPS) is 11.9. The third kappa shape index (κ3) is 4.06. The quantitative estimate of drug-likeness (QED) is 0.699. The first-order valence-corrected chi connectivity index (χ1v) is 6.68. The van der Waals surface area contributed by atoms with Gasteiger partial charge in [0.15, 0.2) is 16.6 Å². The van der Waals surface area contributed by atoms with Crippen molar-refractivity contribution in [2.24, 2.45) is 0 Å². The van der Waals surface area contributed by atoms with Crippen LogP contribution in [-0.4, -0.2) is 30.0 Å². The number of aromatic nitrogens is 1. The highest BCUT2D eigenvalue weighted by molar-refractivity contribution is 7.11. The van der Waals surface area contributed by atoms with Gasteiger partial charge in [0.25, 0.3) is 0 Å². The molecule has 0 spiro atoms. The van der Waals surface area contributed by atoms with E-state index in [9.17, 15) is 4.79 Å². The molecule has 1 heterocycles. The lowest BCUT2D eigenvalue weighted by Crippen LogP contribution is -2.32. The molecule has 0 radical (unpaired) electrons. The molecule has 6 nitrogen and oxygen atoms in total. The van der Waals surface area contributed by atoms with Crippen LogP contribution in [0.15, 0.2) is 0 Å². The Kier molecular flexibility index (Phi) is 5.70. The molecule has 7 heteroatoms. The lowest BCUT2D eigenvalue weighted by molar-refractivity contribution is -0.121. The minimum Gasteiger partial charge on any atom is -0.490 e. The summed E-state index contributed by atoms with van der Waals surface area (Å²) in [5.41, 5.74) is 5.62. The van der Waals surface area contributed by atoms with E-state index < -0.39 is 0 Å². The largest absolute Gasteiger partial charge is 0.490 e. The first-order valence-electron chi connectivity index (χ1n) is 5.90. The van der Waals surface area contributed by atoms with Crippen LogP contribution in [-0.2, 0) is 4.79 Å². The van der Waals surface area contributed by atoms with Gasteiger partial charge < -0.3 is 21.1 Å². The van der Waals surface area contributed by atoms with Crippen molar-refractivity contribution in [1.29, 1.82) is 0 Å². The number of hydrogen-bond acceptors (Lipinski definition) is 6. The smallest absolute Gasteiger partial charge is 0.221 e. The fraction of sp³-hybridized carbons (Fsp3) is 0.636. The Morgan fingerprint density at radius 2 is 2.33 bits per heavy atom. The second-order valence-electron chi connectivity index (χ2n) is 3.98. The molecule has 0 fully saturated rings. The minimum atomic E-state index is 0.0355. The Labute approximate surface area is 111 Å². The number of carbonyl (C=O) groups excluding carboxylic acids is 1. The van der Waals surface area contributed by atoms with Gasteiger partial charge in [0.05, 0.1) is 7.11 Å². The molecule has 1 unspecified atom stereocenters. The fourth-order valence-corrected chi connectivity index (χ4v) is 2.05. The molecule has 1 amide bonds. The maximum absolute atomic E-state index is 11.5. The summed E-state index contributed by atoms with van der Waals surface area (Å²) < 4.78 is 9.09. The van der Waals surface area contributed by atoms with Gasteiger partial charge in [0.2, 0.25) is 5.91 Å². The van der Waals surface area contributed by atoms with E-state index in [2.05, 4.69) is 15.0 Å². The minimum absolute atomic E-state index is 0.0355. The Morgan fingerprint density at radius 1 is 1.61 bits per heavy atom. The van der Waals surface area contributed by atoms with Gasteiger partial charge in [-0.15, -0.1) is 0 Å². The van der Waals surface area contributed by atoms with Crippen LogP contribution in [0.5, 0.6) is 5.75 Å². The summed E-state index contributed by atoms with van der Waals surface area (Å²) in [6.07, 6.45) is 1.34. The van der Waals surface area contributed by atoms with Gasteiger partial charge >= 0.3 is 0 Å². The summed E-state index contributed by atoms with van der Waals surface area (Å²) in [6.45, 7) is 4.55. The molecule has 1 aromatic heterocycles. The van der Waals surface area contributed by atoms with Crippen LogP contribution in [0.4, 0.5) is 10.8 Å². The van der Waals surface area contributed by atoms with Crippen molar-refractivity contribution >= 4 is 28.3 Å². The molecule has 0 aliphatic heterocycles. The monoisotopic (exact) mass is 272 g/mol. The van der Waals surface area contributed by atoms with E-state index in [0.29, 0.717) is 24.5 Å². The molecule has 1 atom stereocenters. The number of anilines is 2. The van der Waals surface area contributed by atoms with Gasteiger partial charge in [-0.2, -0.15) is 4.37 Å². The highest BCUT2D eigenvalue weighted by atomic mass is 32.1. The van der Waals surface area contributed by atoms with Gasteiger partial charge in [0.1, 0.15) is 0 Å². The molecule has 0 aromatic carbocycles. The second-order valence-corrected chi connectivity index (χ2v) is 4.76. The van der Waals surface area contributed by atoms with Crippen LogP contribution < -0.4 is 21.1 Å². The van der Waals surface area contributed by atoms with Crippen LogP contribution in [0, 0.1) is 0 Å². The van der Waals surface area contributed by atoms with Crippen molar-refractivity contribution in [3.8, 4) is 5.75 Å². The first kappa shape index (κ1) is 14.6. The predicted octanol–water partition coefficient (Wildman–Crippen LogP) is 1.45. The van der Waals surface area contributed by atoms with E-state index in [0.717, 1.165) is 11.4 Å². The second kappa shape index (κ2) is 7.05. The SMILES string of the molecule is CCC(C)NC(=O)CCNc1snc(N)c1OC. The Hall–Kier alpha value is -1.50. The molecule has 0 bridgehead atoms. The number of ether oxygens (including phenoxy) is 1. The highest BCUT2D eigenvalue weighted by Crippen LogP contribution is 2.34. The zero-order valence-electron chi connectivity index (χ0n) is 10.9. The Bertz CT molecular complexity index is 394. The summed E-state index contributed by atoms with van der Waals surface area (Å²) in [4.78, 5) is 11.5. The van der Waals surface area contributed by atoms with Gasteiger partial charge in [-0.25, -0.2) is 0 Å². The van der Waals surface area contributed by atoms with E-state index in [1.54, 1.807) is 7.11 Å². The van der Waals surface area contributed by atoms with Crippen molar-refractivity contribution in [1.82, 2.24) is 9.69 Å². The Morgan fingerprint density at radius 3 is 2.94 bits per heavy atom. The summed E-state index contributed by atoms with van der Waals surface area (Å²) >= 11 is 1.23. The number of rotatable bonds is 7. The lowest BCUT2D eigenvalue weighted by Gasteiger charge is -2.11. The molecule has 0 saturated heterocycles. The summed E-state index contributed by atoms with van der Waals surface area (Å²) in [5, 5.41) is 6.76. The van der Waals surface area contributed by atoms with E-state index in [4.69, 9.17) is 10.5 Å². The number of carbonyl (C=O) groups is 1. The van der Waals surface area contributed by atoms with E-state index in [1.807, 2.05) is 13.8 Å². The van der Waals surface area contributed by atoms with Crippen molar-refractivity contribution in [3.63, 3.8) is 0 Å². The molecule has 1 aromatic rings. The summed E-state index contributed by atoms with van der Waals surface area (Å²) in [5.74, 6) is 0.949.